The van der Waals surface area contributed by atoms with Crippen LogP contribution in [0.25, 0.3) is 0 Å². The highest BCUT2D eigenvalue weighted by molar-refractivity contribution is 6.38. The number of ketones is 1. The summed E-state index contributed by atoms with van der Waals surface area (Å²) < 4.78 is 5.45. The van der Waals surface area contributed by atoms with Gasteiger partial charge in [0.2, 0.25) is 17.6 Å². The smallest absolute Gasteiger partial charge is 0.329 e. The standard InChI is InChI=1S/C35H51N5O7/c1-9-15-25(28(41)31(43)36-18-10-2)37-30(42)26-19-23(11-3)20-40(26)32(44)29(35(6,7)8)39-34(46)38-27(22(4)5)33(45)47-21-24-16-13-12-14-17-24/h10-14,16-17,22-23,25-27,29H,2-3,9,15,18-21H2,1,4-8H3,(H,36,43)(H,37,42)(H2,38,39,46)/t23-,25?,26+,27+,29-/m1/s1. The molecule has 0 spiro atoms. The summed E-state index contributed by atoms with van der Waals surface area (Å²) in [6, 6.07) is 4.30. The van der Waals surface area contributed by atoms with E-state index in [2.05, 4.69) is 34.4 Å². The topological polar surface area (TPSA) is 163 Å². The Balaban J connectivity index is 2.22. The van der Waals surface area contributed by atoms with E-state index in [4.69, 9.17) is 4.74 Å². The number of urea groups is 1. The Morgan fingerprint density at radius 3 is 2.23 bits per heavy atom. The molecule has 12 heteroatoms. The second kappa shape index (κ2) is 18.0. The van der Waals surface area contributed by atoms with E-state index in [0.29, 0.717) is 6.42 Å². The molecule has 1 unspecified atom stereocenters. The molecule has 1 saturated heterocycles. The van der Waals surface area contributed by atoms with E-state index in [1.807, 2.05) is 37.3 Å². The highest BCUT2D eigenvalue weighted by Crippen LogP contribution is 2.29. The van der Waals surface area contributed by atoms with Crippen LogP contribution in [0, 0.1) is 17.3 Å². The van der Waals surface area contributed by atoms with Crippen molar-refractivity contribution in [2.24, 2.45) is 17.3 Å². The molecule has 0 bridgehead atoms. The minimum absolute atomic E-state index is 0.0440. The minimum Gasteiger partial charge on any atom is -0.459 e. The van der Waals surface area contributed by atoms with Gasteiger partial charge in [0.1, 0.15) is 24.7 Å². The highest BCUT2D eigenvalue weighted by atomic mass is 16.5. The van der Waals surface area contributed by atoms with Crippen LogP contribution in [0.4, 0.5) is 4.79 Å². The molecule has 1 aliphatic rings. The normalized spacial score (nSPS) is 17.9. The third-order valence-corrected chi connectivity index (χ3v) is 7.91. The molecule has 1 heterocycles. The number of carbonyl (C=O) groups excluding carboxylic acids is 6. The Hall–Kier alpha value is -4.48. The first-order chi connectivity index (χ1) is 22.1. The molecular weight excluding hydrogens is 602 g/mol. The molecule has 47 heavy (non-hydrogen) atoms. The average Bonchev–Trinajstić information content (AvgIpc) is 3.47. The van der Waals surface area contributed by atoms with Crippen LogP contribution in [-0.4, -0.2) is 77.7 Å². The minimum atomic E-state index is -1.09. The van der Waals surface area contributed by atoms with Gasteiger partial charge < -0.3 is 30.9 Å². The summed E-state index contributed by atoms with van der Waals surface area (Å²) in [5.74, 6) is -3.85. The SMILES string of the molecule is C=CCNC(=O)C(=O)C(CCC)NC(=O)[C@@H]1C[C@@H](C=C)CN1C(=O)[C@@H](NC(=O)N[C@H](C(=O)OCc1ccccc1)C(C)C)C(C)(C)C. The van der Waals surface area contributed by atoms with Crippen LogP contribution < -0.4 is 21.3 Å². The predicted octanol–water partition coefficient (Wildman–Crippen LogP) is 3.03. The molecule has 2 rings (SSSR count). The Bertz CT molecular complexity index is 1290. The first-order valence-electron chi connectivity index (χ1n) is 16.1. The zero-order valence-corrected chi connectivity index (χ0v) is 28.5. The van der Waals surface area contributed by atoms with E-state index in [0.717, 1.165) is 5.56 Å². The molecule has 0 radical (unpaired) electrons. The number of ether oxygens (including phenoxy) is 1. The summed E-state index contributed by atoms with van der Waals surface area (Å²) in [5, 5.41) is 10.5. The zero-order chi connectivity index (χ0) is 35.3. The lowest BCUT2D eigenvalue weighted by Crippen LogP contribution is -2.61. The third kappa shape index (κ3) is 11.4. The first-order valence-corrected chi connectivity index (χ1v) is 16.1. The summed E-state index contributed by atoms with van der Waals surface area (Å²) in [7, 11) is 0. The van der Waals surface area contributed by atoms with E-state index in [1.165, 1.54) is 11.0 Å². The van der Waals surface area contributed by atoms with Crippen LogP contribution in [0.1, 0.15) is 66.4 Å². The van der Waals surface area contributed by atoms with Crippen LogP contribution in [0.3, 0.4) is 0 Å². The number of nitrogens with zero attached hydrogens (tertiary/aromatic N) is 1. The summed E-state index contributed by atoms with van der Waals surface area (Å²) >= 11 is 0. The molecule has 12 nitrogen and oxygen atoms in total. The quantitative estimate of drug-likeness (QED) is 0.121. The van der Waals surface area contributed by atoms with Gasteiger partial charge in [0.15, 0.2) is 0 Å². The molecule has 0 aromatic heterocycles. The summed E-state index contributed by atoms with van der Waals surface area (Å²) in [6.45, 7) is 18.4. The molecule has 5 amide bonds. The van der Waals surface area contributed by atoms with Crippen LogP contribution in [0.5, 0.6) is 0 Å². The second-order valence-corrected chi connectivity index (χ2v) is 13.2. The molecule has 4 N–H and O–H groups in total. The Kier molecular flexibility index (Phi) is 14.8. The number of amides is 5. The van der Waals surface area contributed by atoms with Gasteiger partial charge in [-0.3, -0.25) is 19.2 Å². The van der Waals surface area contributed by atoms with Gasteiger partial charge in [0.25, 0.3) is 5.91 Å². The number of esters is 1. The fourth-order valence-corrected chi connectivity index (χ4v) is 5.21. The van der Waals surface area contributed by atoms with Crippen LogP contribution in [-0.2, 0) is 35.3 Å². The Labute approximate surface area is 278 Å². The van der Waals surface area contributed by atoms with E-state index < -0.39 is 65.1 Å². The van der Waals surface area contributed by atoms with Crippen molar-refractivity contribution in [3.8, 4) is 0 Å². The van der Waals surface area contributed by atoms with Crippen molar-refractivity contribution >= 4 is 35.5 Å². The Morgan fingerprint density at radius 1 is 1.02 bits per heavy atom. The van der Waals surface area contributed by atoms with Crippen molar-refractivity contribution in [3.63, 3.8) is 0 Å². The van der Waals surface area contributed by atoms with Gasteiger partial charge in [0.05, 0.1) is 6.04 Å². The average molecular weight is 654 g/mol. The van der Waals surface area contributed by atoms with Gasteiger partial charge in [-0.2, -0.15) is 0 Å². The maximum absolute atomic E-state index is 14.1. The number of Topliss-reactive ketones (excluding diaryl/α,β-unsaturated/α-hetero) is 1. The number of benzene rings is 1. The van der Waals surface area contributed by atoms with Crippen molar-refractivity contribution in [1.29, 1.82) is 0 Å². The molecule has 5 atom stereocenters. The van der Waals surface area contributed by atoms with Gasteiger partial charge in [-0.15, -0.1) is 13.2 Å². The molecule has 1 aliphatic heterocycles. The molecule has 1 aromatic rings. The molecule has 1 fully saturated rings. The maximum atomic E-state index is 14.1. The maximum Gasteiger partial charge on any atom is 0.329 e. The monoisotopic (exact) mass is 653 g/mol. The number of nitrogens with one attached hydrogen (secondary N) is 4. The molecule has 0 aliphatic carbocycles. The van der Waals surface area contributed by atoms with Crippen LogP contribution in [0.15, 0.2) is 55.6 Å². The van der Waals surface area contributed by atoms with E-state index in [9.17, 15) is 28.8 Å². The molecule has 0 saturated carbocycles. The van der Waals surface area contributed by atoms with E-state index in [-0.39, 0.29) is 44.4 Å². The van der Waals surface area contributed by atoms with Crippen molar-refractivity contribution in [2.75, 3.05) is 13.1 Å². The first kappa shape index (κ1) is 38.7. The lowest BCUT2D eigenvalue weighted by Gasteiger charge is -2.36. The van der Waals surface area contributed by atoms with E-state index >= 15 is 0 Å². The highest BCUT2D eigenvalue weighted by Gasteiger charge is 2.45. The van der Waals surface area contributed by atoms with Gasteiger partial charge in [-0.1, -0.05) is 90.4 Å². The number of hydrogen-bond donors (Lipinski definition) is 4. The fraction of sp³-hybridized carbons (Fsp3) is 0.543. The van der Waals surface area contributed by atoms with Gasteiger partial charge >= 0.3 is 12.0 Å². The van der Waals surface area contributed by atoms with Gasteiger partial charge in [-0.25, -0.2) is 9.59 Å². The lowest BCUT2D eigenvalue weighted by atomic mass is 9.85. The summed E-state index contributed by atoms with van der Waals surface area (Å²) in [5.41, 5.74) is 0.00174. The summed E-state index contributed by atoms with van der Waals surface area (Å²) in [4.78, 5) is 80.5. The van der Waals surface area contributed by atoms with Crippen molar-refractivity contribution in [1.82, 2.24) is 26.2 Å². The van der Waals surface area contributed by atoms with Gasteiger partial charge in [-0.05, 0) is 35.7 Å². The summed E-state index contributed by atoms with van der Waals surface area (Å²) in [6.07, 6.45) is 4.11. The Morgan fingerprint density at radius 2 is 1.68 bits per heavy atom. The fourth-order valence-electron chi connectivity index (χ4n) is 5.21. The van der Waals surface area contributed by atoms with Crippen LogP contribution >= 0.6 is 0 Å². The van der Waals surface area contributed by atoms with Gasteiger partial charge in [0, 0.05) is 13.1 Å². The zero-order valence-electron chi connectivity index (χ0n) is 28.5. The van der Waals surface area contributed by atoms with Crippen molar-refractivity contribution in [2.45, 2.75) is 91.6 Å². The second-order valence-electron chi connectivity index (χ2n) is 13.2. The number of carbonyl (C=O) groups is 6. The molecular formula is C35H51N5O7. The lowest BCUT2D eigenvalue weighted by molar-refractivity contribution is -0.148. The van der Waals surface area contributed by atoms with E-state index in [1.54, 1.807) is 40.7 Å². The van der Waals surface area contributed by atoms with Crippen molar-refractivity contribution in [3.05, 3.63) is 61.2 Å². The van der Waals surface area contributed by atoms with Crippen LogP contribution in [0.2, 0.25) is 0 Å². The predicted molar refractivity (Wildman–Crippen MR) is 179 cm³/mol. The number of hydrogen-bond acceptors (Lipinski definition) is 7. The molecule has 258 valence electrons. The van der Waals surface area contributed by atoms with Crippen molar-refractivity contribution < 1.29 is 33.5 Å². The number of rotatable bonds is 16. The largest absolute Gasteiger partial charge is 0.459 e. The third-order valence-electron chi connectivity index (χ3n) is 7.91. The number of likely N-dealkylation sites (tertiary alicyclic amines) is 1. The molecule has 1 aromatic carbocycles.